The number of benzene rings is 1. The molecule has 27 heavy (non-hydrogen) atoms. The van der Waals surface area contributed by atoms with E-state index in [1.807, 2.05) is 28.8 Å². The van der Waals surface area contributed by atoms with E-state index in [0.717, 1.165) is 17.0 Å². The second-order valence-corrected chi connectivity index (χ2v) is 6.03. The number of fused-ring (bicyclic) bond motifs is 1. The van der Waals surface area contributed by atoms with Gasteiger partial charge in [-0.2, -0.15) is 0 Å². The number of carbonyl (C=O) groups is 1. The number of carbonyl (C=O) groups excluding carboxylic acids is 1. The molecule has 0 saturated heterocycles. The molecular weight excluding hydrogens is 342 g/mol. The Morgan fingerprint density at radius 2 is 1.85 bits per heavy atom. The zero-order chi connectivity index (χ0) is 19.0. The lowest BCUT2D eigenvalue weighted by Crippen LogP contribution is -2.10. The van der Waals surface area contributed by atoms with Crippen LogP contribution in [0.4, 0.5) is 17.3 Å². The van der Waals surface area contributed by atoms with E-state index < -0.39 is 5.91 Å². The maximum atomic E-state index is 11.3. The average Bonchev–Trinajstić information content (AvgIpc) is 2.99. The molecule has 3 heterocycles. The van der Waals surface area contributed by atoms with E-state index in [9.17, 15) is 4.79 Å². The lowest BCUT2D eigenvalue weighted by molar-refractivity contribution is 0.100. The minimum absolute atomic E-state index is 0.389. The fraction of sp³-hybridized carbons (Fsp3) is 0.0526. The Hall–Kier alpha value is -3.94. The van der Waals surface area contributed by atoms with Crippen molar-refractivity contribution in [2.24, 2.45) is 5.73 Å². The molecule has 8 heteroatoms. The zero-order valence-corrected chi connectivity index (χ0v) is 14.5. The summed E-state index contributed by atoms with van der Waals surface area (Å²) in [5, 5.41) is 3.28. The summed E-state index contributed by atoms with van der Waals surface area (Å²) in [6.45, 7) is 1.79. The molecule has 4 rings (SSSR count). The molecular formula is C19H17N7O. The molecule has 0 aliphatic heterocycles. The molecule has 0 unspecified atom stereocenters. The predicted octanol–water partition coefficient (Wildman–Crippen LogP) is 2.52. The van der Waals surface area contributed by atoms with Crippen molar-refractivity contribution >= 4 is 28.9 Å². The van der Waals surface area contributed by atoms with Crippen LogP contribution < -0.4 is 16.8 Å². The van der Waals surface area contributed by atoms with Crippen LogP contribution in [0.25, 0.3) is 17.0 Å². The first kappa shape index (κ1) is 16.5. The Labute approximate surface area is 154 Å². The fourth-order valence-electron chi connectivity index (χ4n) is 2.89. The lowest BCUT2D eigenvalue weighted by Gasteiger charge is -2.09. The van der Waals surface area contributed by atoms with Gasteiger partial charge in [0.1, 0.15) is 23.0 Å². The molecule has 0 radical (unpaired) electrons. The molecule has 8 nitrogen and oxygen atoms in total. The SMILES string of the molecule is Cc1nc(N)cc(-c2c(Nc3ccc(C(N)=O)cc3)nc3ccccn23)n1. The van der Waals surface area contributed by atoms with Crippen LogP contribution in [0.15, 0.2) is 54.7 Å². The minimum atomic E-state index is -0.470. The van der Waals surface area contributed by atoms with Crippen molar-refractivity contribution in [1.29, 1.82) is 0 Å². The van der Waals surface area contributed by atoms with Crippen molar-refractivity contribution < 1.29 is 4.79 Å². The van der Waals surface area contributed by atoms with Crippen molar-refractivity contribution in [1.82, 2.24) is 19.4 Å². The van der Waals surface area contributed by atoms with Crippen LogP contribution in [0.3, 0.4) is 0 Å². The maximum Gasteiger partial charge on any atom is 0.248 e. The van der Waals surface area contributed by atoms with E-state index in [4.69, 9.17) is 11.5 Å². The van der Waals surface area contributed by atoms with E-state index in [2.05, 4.69) is 20.3 Å². The van der Waals surface area contributed by atoms with E-state index in [1.54, 1.807) is 37.3 Å². The van der Waals surface area contributed by atoms with Gasteiger partial charge < -0.3 is 16.8 Å². The predicted molar refractivity (Wildman–Crippen MR) is 104 cm³/mol. The summed E-state index contributed by atoms with van der Waals surface area (Å²) < 4.78 is 1.93. The van der Waals surface area contributed by atoms with Gasteiger partial charge in [-0.15, -0.1) is 0 Å². The number of anilines is 3. The number of nitrogens with zero attached hydrogens (tertiary/aromatic N) is 4. The molecule has 134 valence electrons. The summed E-state index contributed by atoms with van der Waals surface area (Å²) in [5.74, 6) is 1.11. The summed E-state index contributed by atoms with van der Waals surface area (Å²) in [4.78, 5) is 24.6. The highest BCUT2D eigenvalue weighted by Crippen LogP contribution is 2.30. The quantitative estimate of drug-likeness (QED) is 0.514. The Bertz CT molecular complexity index is 1130. The fourth-order valence-corrected chi connectivity index (χ4v) is 2.89. The number of amides is 1. The zero-order valence-electron chi connectivity index (χ0n) is 14.5. The summed E-state index contributed by atoms with van der Waals surface area (Å²) in [7, 11) is 0. The van der Waals surface area contributed by atoms with Gasteiger partial charge >= 0.3 is 0 Å². The topological polar surface area (TPSA) is 124 Å². The number of pyridine rings is 1. The molecule has 0 fully saturated rings. The third kappa shape index (κ3) is 3.15. The number of hydrogen-bond acceptors (Lipinski definition) is 6. The molecule has 1 amide bonds. The molecule has 4 aromatic rings. The van der Waals surface area contributed by atoms with Gasteiger partial charge in [0.25, 0.3) is 0 Å². The van der Waals surface area contributed by atoms with Gasteiger partial charge in [0.15, 0.2) is 5.82 Å². The normalized spacial score (nSPS) is 10.9. The summed E-state index contributed by atoms with van der Waals surface area (Å²) >= 11 is 0. The standard InChI is InChI=1S/C19H17N7O/c1-11-22-14(10-15(20)23-11)17-19(25-16-4-2-3-9-26(16)17)24-13-7-5-12(6-8-13)18(21)27/h2-10,24H,1H3,(H2,21,27)(H2,20,22,23). The Morgan fingerprint density at radius 1 is 1.07 bits per heavy atom. The first-order valence-electron chi connectivity index (χ1n) is 8.27. The third-order valence-electron chi connectivity index (χ3n) is 4.06. The number of imidazole rings is 1. The smallest absolute Gasteiger partial charge is 0.248 e. The maximum absolute atomic E-state index is 11.3. The highest BCUT2D eigenvalue weighted by Gasteiger charge is 2.17. The number of primary amides is 1. The number of nitrogen functional groups attached to an aromatic ring is 1. The van der Waals surface area contributed by atoms with Crippen molar-refractivity contribution in [3.8, 4) is 11.4 Å². The second kappa shape index (κ2) is 6.41. The molecule has 0 aliphatic carbocycles. The first-order chi connectivity index (χ1) is 13.0. The highest BCUT2D eigenvalue weighted by molar-refractivity contribution is 5.93. The van der Waals surface area contributed by atoms with Crippen LogP contribution in [0.1, 0.15) is 16.2 Å². The van der Waals surface area contributed by atoms with E-state index in [-0.39, 0.29) is 0 Å². The number of hydrogen-bond donors (Lipinski definition) is 3. The first-order valence-corrected chi connectivity index (χ1v) is 8.27. The van der Waals surface area contributed by atoms with Gasteiger partial charge in [-0.3, -0.25) is 9.20 Å². The molecule has 3 aromatic heterocycles. The summed E-state index contributed by atoms with van der Waals surface area (Å²) in [6, 6.07) is 14.3. The van der Waals surface area contributed by atoms with Crippen LogP contribution in [-0.2, 0) is 0 Å². The summed E-state index contributed by atoms with van der Waals surface area (Å²) in [5.41, 5.74) is 14.6. The van der Waals surface area contributed by atoms with E-state index >= 15 is 0 Å². The molecule has 1 aromatic carbocycles. The Kier molecular flexibility index (Phi) is 3.92. The third-order valence-corrected chi connectivity index (χ3v) is 4.06. The van der Waals surface area contributed by atoms with Gasteiger partial charge in [-0.05, 0) is 43.3 Å². The Balaban J connectivity index is 1.84. The van der Waals surface area contributed by atoms with E-state index in [1.165, 1.54) is 0 Å². The summed E-state index contributed by atoms with van der Waals surface area (Å²) in [6.07, 6.45) is 1.91. The van der Waals surface area contributed by atoms with Crippen molar-refractivity contribution in [2.45, 2.75) is 6.92 Å². The lowest BCUT2D eigenvalue weighted by atomic mass is 10.2. The molecule has 0 aliphatic rings. The highest BCUT2D eigenvalue weighted by atomic mass is 16.1. The van der Waals surface area contributed by atoms with Gasteiger partial charge in [-0.25, -0.2) is 15.0 Å². The largest absolute Gasteiger partial charge is 0.384 e. The van der Waals surface area contributed by atoms with Crippen LogP contribution in [0, 0.1) is 6.92 Å². The monoisotopic (exact) mass is 359 g/mol. The molecule has 0 spiro atoms. The van der Waals surface area contributed by atoms with Crippen LogP contribution in [0.2, 0.25) is 0 Å². The molecule has 0 saturated carbocycles. The number of rotatable bonds is 4. The molecule has 0 atom stereocenters. The van der Waals surface area contributed by atoms with E-state index in [0.29, 0.717) is 28.7 Å². The van der Waals surface area contributed by atoms with Crippen molar-refractivity contribution in [3.63, 3.8) is 0 Å². The van der Waals surface area contributed by atoms with Crippen LogP contribution >= 0.6 is 0 Å². The second-order valence-electron chi connectivity index (χ2n) is 6.03. The number of aromatic nitrogens is 4. The molecule has 0 bridgehead atoms. The van der Waals surface area contributed by atoms with Crippen molar-refractivity contribution in [3.05, 3.63) is 66.1 Å². The number of nitrogens with two attached hydrogens (primary N) is 2. The van der Waals surface area contributed by atoms with Crippen LogP contribution in [0.5, 0.6) is 0 Å². The van der Waals surface area contributed by atoms with Gasteiger partial charge in [0, 0.05) is 23.5 Å². The minimum Gasteiger partial charge on any atom is -0.384 e. The van der Waals surface area contributed by atoms with Gasteiger partial charge in [0.2, 0.25) is 5.91 Å². The number of nitrogens with one attached hydrogen (secondary N) is 1. The van der Waals surface area contributed by atoms with Crippen molar-refractivity contribution in [2.75, 3.05) is 11.1 Å². The number of aryl methyl sites for hydroxylation is 1. The van der Waals surface area contributed by atoms with Crippen LogP contribution in [-0.4, -0.2) is 25.3 Å². The Morgan fingerprint density at radius 3 is 2.56 bits per heavy atom. The molecule has 5 N–H and O–H groups in total. The average molecular weight is 359 g/mol. The van der Waals surface area contributed by atoms with Gasteiger partial charge in [-0.1, -0.05) is 6.07 Å². The van der Waals surface area contributed by atoms with Gasteiger partial charge in [0.05, 0.1) is 5.69 Å².